The van der Waals surface area contributed by atoms with Crippen LogP contribution in [0.15, 0.2) is 24.3 Å². The zero-order valence-electron chi connectivity index (χ0n) is 11.0. The van der Waals surface area contributed by atoms with Crippen LogP contribution in [0, 0.1) is 6.92 Å². The lowest BCUT2D eigenvalue weighted by atomic mass is 10.1. The summed E-state index contributed by atoms with van der Waals surface area (Å²) in [6.45, 7) is 12.3. The van der Waals surface area contributed by atoms with E-state index in [1.54, 1.807) is 0 Å². The van der Waals surface area contributed by atoms with E-state index in [-0.39, 0.29) is 6.61 Å². The van der Waals surface area contributed by atoms with Crippen molar-refractivity contribution >= 4 is 0 Å². The Balaban J connectivity index is 0.000000293. The lowest BCUT2D eigenvalue weighted by Gasteiger charge is -2.13. The van der Waals surface area contributed by atoms with Gasteiger partial charge in [0, 0.05) is 0 Å². The number of aryl methyl sites for hydroxylation is 1. The highest BCUT2D eigenvalue weighted by molar-refractivity contribution is 5.24. The standard InChI is InChI=1S/C8H10O.C6H15N/c1-7-4-2-3-5-8(7)6-9;1-4-7(5-2)6-3/h2-5,9H,6H2,1H3;4-6H2,1-3H3. The van der Waals surface area contributed by atoms with E-state index in [2.05, 4.69) is 25.7 Å². The maximum absolute atomic E-state index is 8.72. The van der Waals surface area contributed by atoms with Gasteiger partial charge in [0.25, 0.3) is 0 Å². The third-order valence-corrected chi connectivity index (χ3v) is 2.77. The van der Waals surface area contributed by atoms with Gasteiger partial charge in [-0.15, -0.1) is 0 Å². The van der Waals surface area contributed by atoms with E-state index >= 15 is 0 Å². The van der Waals surface area contributed by atoms with Crippen molar-refractivity contribution in [1.29, 1.82) is 0 Å². The highest BCUT2D eigenvalue weighted by atomic mass is 16.3. The molecule has 2 nitrogen and oxygen atoms in total. The van der Waals surface area contributed by atoms with Gasteiger partial charge in [-0.05, 0) is 37.7 Å². The summed E-state index contributed by atoms with van der Waals surface area (Å²) in [7, 11) is 0. The van der Waals surface area contributed by atoms with Crippen LogP contribution >= 0.6 is 0 Å². The molecule has 0 aromatic heterocycles. The van der Waals surface area contributed by atoms with Crippen molar-refractivity contribution in [2.45, 2.75) is 34.3 Å². The molecule has 0 unspecified atom stereocenters. The molecule has 0 aliphatic carbocycles. The predicted octanol–water partition coefficient (Wildman–Crippen LogP) is 2.84. The van der Waals surface area contributed by atoms with Crippen molar-refractivity contribution < 1.29 is 5.11 Å². The first-order valence-corrected chi connectivity index (χ1v) is 6.07. The number of hydrogen-bond donors (Lipinski definition) is 1. The van der Waals surface area contributed by atoms with E-state index in [4.69, 9.17) is 5.11 Å². The Morgan fingerprint density at radius 1 is 1.00 bits per heavy atom. The fourth-order valence-electron chi connectivity index (χ4n) is 1.46. The maximum Gasteiger partial charge on any atom is 0.0684 e. The normalized spacial score (nSPS) is 9.88. The molecule has 0 aliphatic heterocycles. The summed E-state index contributed by atoms with van der Waals surface area (Å²) in [5, 5.41) is 8.72. The number of aliphatic hydroxyl groups excluding tert-OH is 1. The molecule has 0 radical (unpaired) electrons. The summed E-state index contributed by atoms with van der Waals surface area (Å²) in [5.74, 6) is 0. The maximum atomic E-state index is 8.72. The summed E-state index contributed by atoms with van der Waals surface area (Å²) >= 11 is 0. The highest BCUT2D eigenvalue weighted by Gasteiger charge is 1.90. The van der Waals surface area contributed by atoms with Gasteiger partial charge in [0.05, 0.1) is 6.61 Å². The molecular weight excluding hydrogens is 198 g/mol. The summed E-state index contributed by atoms with van der Waals surface area (Å²) in [4.78, 5) is 2.38. The second-order valence-electron chi connectivity index (χ2n) is 3.70. The first-order chi connectivity index (χ1) is 7.69. The molecule has 2 heteroatoms. The minimum Gasteiger partial charge on any atom is -0.392 e. The minimum absolute atomic E-state index is 0.146. The summed E-state index contributed by atoms with van der Waals surface area (Å²) in [6.07, 6.45) is 0. The van der Waals surface area contributed by atoms with Gasteiger partial charge in [0.15, 0.2) is 0 Å². The highest BCUT2D eigenvalue weighted by Crippen LogP contribution is 2.05. The van der Waals surface area contributed by atoms with E-state index in [0.29, 0.717) is 0 Å². The average molecular weight is 223 g/mol. The number of aliphatic hydroxyl groups is 1. The third-order valence-electron chi connectivity index (χ3n) is 2.77. The van der Waals surface area contributed by atoms with Gasteiger partial charge in [-0.2, -0.15) is 0 Å². The van der Waals surface area contributed by atoms with Gasteiger partial charge in [-0.25, -0.2) is 0 Å². The van der Waals surface area contributed by atoms with Crippen molar-refractivity contribution in [3.05, 3.63) is 35.4 Å². The fourth-order valence-corrected chi connectivity index (χ4v) is 1.46. The molecule has 0 atom stereocenters. The summed E-state index contributed by atoms with van der Waals surface area (Å²) < 4.78 is 0. The Kier molecular flexibility index (Phi) is 8.87. The Morgan fingerprint density at radius 2 is 1.50 bits per heavy atom. The van der Waals surface area contributed by atoms with Crippen LogP contribution in [0.2, 0.25) is 0 Å². The first-order valence-electron chi connectivity index (χ1n) is 6.07. The average Bonchev–Trinajstić information content (AvgIpc) is 2.33. The van der Waals surface area contributed by atoms with Crippen molar-refractivity contribution in [3.63, 3.8) is 0 Å². The molecule has 0 saturated carbocycles. The largest absolute Gasteiger partial charge is 0.392 e. The Labute approximate surface area is 99.9 Å². The quantitative estimate of drug-likeness (QED) is 0.848. The molecule has 0 aliphatic rings. The number of hydrogen-bond acceptors (Lipinski definition) is 2. The smallest absolute Gasteiger partial charge is 0.0684 e. The fraction of sp³-hybridized carbons (Fsp3) is 0.571. The number of rotatable bonds is 4. The molecule has 16 heavy (non-hydrogen) atoms. The molecule has 1 aromatic carbocycles. The van der Waals surface area contributed by atoms with Crippen LogP contribution in [0.5, 0.6) is 0 Å². The molecule has 92 valence electrons. The van der Waals surface area contributed by atoms with E-state index in [9.17, 15) is 0 Å². The molecule has 1 aromatic rings. The second kappa shape index (κ2) is 9.37. The molecule has 0 amide bonds. The van der Waals surface area contributed by atoms with Crippen LogP contribution in [-0.4, -0.2) is 29.6 Å². The van der Waals surface area contributed by atoms with E-state index in [0.717, 1.165) is 11.1 Å². The molecular formula is C14H25NO. The van der Waals surface area contributed by atoms with Gasteiger partial charge in [0.2, 0.25) is 0 Å². The molecule has 0 heterocycles. The lowest BCUT2D eigenvalue weighted by Crippen LogP contribution is -2.21. The Morgan fingerprint density at radius 3 is 1.75 bits per heavy atom. The van der Waals surface area contributed by atoms with E-state index in [1.807, 2.05) is 31.2 Å². The molecule has 1 N–H and O–H groups in total. The minimum atomic E-state index is 0.146. The van der Waals surface area contributed by atoms with Crippen LogP contribution in [0.25, 0.3) is 0 Å². The van der Waals surface area contributed by atoms with Crippen molar-refractivity contribution in [2.24, 2.45) is 0 Å². The molecule has 1 rings (SSSR count). The van der Waals surface area contributed by atoms with Crippen molar-refractivity contribution in [2.75, 3.05) is 19.6 Å². The van der Waals surface area contributed by atoms with Gasteiger partial charge in [0.1, 0.15) is 0 Å². The van der Waals surface area contributed by atoms with Gasteiger partial charge in [-0.1, -0.05) is 45.0 Å². The van der Waals surface area contributed by atoms with Crippen LogP contribution < -0.4 is 0 Å². The number of nitrogens with zero attached hydrogens (tertiary/aromatic N) is 1. The lowest BCUT2D eigenvalue weighted by molar-refractivity contribution is 0.281. The first kappa shape index (κ1) is 15.1. The Hall–Kier alpha value is -0.860. The molecule has 0 fully saturated rings. The summed E-state index contributed by atoms with van der Waals surface area (Å²) in [6, 6.07) is 7.81. The van der Waals surface area contributed by atoms with Crippen LogP contribution in [0.4, 0.5) is 0 Å². The van der Waals surface area contributed by atoms with Gasteiger partial charge in [-0.3, -0.25) is 0 Å². The molecule has 0 bridgehead atoms. The summed E-state index contributed by atoms with van der Waals surface area (Å²) in [5.41, 5.74) is 2.16. The zero-order chi connectivity index (χ0) is 12.4. The van der Waals surface area contributed by atoms with Crippen molar-refractivity contribution in [3.8, 4) is 0 Å². The van der Waals surface area contributed by atoms with Crippen LogP contribution in [0.3, 0.4) is 0 Å². The van der Waals surface area contributed by atoms with Crippen LogP contribution in [-0.2, 0) is 6.61 Å². The van der Waals surface area contributed by atoms with E-state index < -0.39 is 0 Å². The predicted molar refractivity (Wildman–Crippen MR) is 70.6 cm³/mol. The molecule has 0 saturated heterocycles. The SMILES string of the molecule is CCN(CC)CC.Cc1ccccc1CO. The van der Waals surface area contributed by atoms with Gasteiger partial charge >= 0.3 is 0 Å². The molecule has 0 spiro atoms. The second-order valence-corrected chi connectivity index (χ2v) is 3.70. The third kappa shape index (κ3) is 5.89. The van der Waals surface area contributed by atoms with Crippen molar-refractivity contribution in [1.82, 2.24) is 4.90 Å². The monoisotopic (exact) mass is 223 g/mol. The van der Waals surface area contributed by atoms with E-state index in [1.165, 1.54) is 19.6 Å². The topological polar surface area (TPSA) is 23.5 Å². The Bertz CT molecular complexity index is 264. The van der Waals surface area contributed by atoms with Crippen LogP contribution in [0.1, 0.15) is 31.9 Å². The number of benzene rings is 1. The van der Waals surface area contributed by atoms with Gasteiger partial charge < -0.3 is 10.0 Å². The zero-order valence-corrected chi connectivity index (χ0v) is 11.0.